The highest BCUT2D eigenvalue weighted by Crippen LogP contribution is 2.40. The van der Waals surface area contributed by atoms with Crippen molar-refractivity contribution in [3.63, 3.8) is 0 Å². The Kier molecular flexibility index (Phi) is 6.45. The molecule has 0 N–H and O–H groups in total. The van der Waals surface area contributed by atoms with Gasteiger partial charge in [-0.3, -0.25) is 10.1 Å². The largest absolute Gasteiger partial charge is 0.341 e. The first-order chi connectivity index (χ1) is 20.6. The summed E-state index contributed by atoms with van der Waals surface area (Å²) in [5.41, 5.74) is 7.52. The zero-order valence-corrected chi connectivity index (χ0v) is 22.6. The Bertz CT molecular complexity index is 1870. The number of rotatable bonds is 6. The molecule has 1 aliphatic rings. The van der Waals surface area contributed by atoms with Crippen molar-refractivity contribution in [3.05, 3.63) is 143 Å². The highest BCUT2D eigenvalue weighted by molar-refractivity contribution is 5.81. The molecule has 0 aliphatic carbocycles. The molecule has 0 bridgehead atoms. The van der Waals surface area contributed by atoms with Gasteiger partial charge in [-0.2, -0.15) is 0 Å². The van der Waals surface area contributed by atoms with E-state index < -0.39 is 0 Å². The molecule has 7 nitrogen and oxygen atoms in total. The second kappa shape index (κ2) is 10.7. The minimum Gasteiger partial charge on any atom is -0.341 e. The summed E-state index contributed by atoms with van der Waals surface area (Å²) in [5.74, 6) is 1.83. The zero-order chi connectivity index (χ0) is 28.5. The third-order valence-corrected chi connectivity index (χ3v) is 7.51. The van der Waals surface area contributed by atoms with Crippen LogP contribution >= 0.6 is 0 Å². The zero-order valence-electron chi connectivity index (χ0n) is 22.6. The van der Waals surface area contributed by atoms with E-state index in [4.69, 9.17) is 15.0 Å². The van der Waals surface area contributed by atoms with Gasteiger partial charge in [-0.05, 0) is 41.8 Å². The molecule has 0 spiro atoms. The molecule has 0 saturated heterocycles. The Morgan fingerprint density at radius 1 is 0.595 bits per heavy atom. The van der Waals surface area contributed by atoms with E-state index in [1.165, 1.54) is 5.56 Å². The predicted octanol–water partition coefficient (Wildman–Crippen LogP) is 8.14. The molecule has 42 heavy (non-hydrogen) atoms. The lowest BCUT2D eigenvalue weighted by atomic mass is 10.0. The highest BCUT2D eigenvalue weighted by Gasteiger charge is 2.23. The van der Waals surface area contributed by atoms with Crippen LogP contribution in [0, 0.1) is 10.1 Å². The molecule has 0 atom stereocenters. The van der Waals surface area contributed by atoms with E-state index >= 15 is 0 Å². The molecule has 1 aliphatic heterocycles. The van der Waals surface area contributed by atoms with Crippen molar-refractivity contribution in [2.24, 2.45) is 0 Å². The van der Waals surface area contributed by atoms with Crippen molar-refractivity contribution in [1.29, 1.82) is 0 Å². The summed E-state index contributed by atoms with van der Waals surface area (Å²) in [5, 5.41) is 11.7. The second-order valence-corrected chi connectivity index (χ2v) is 10.1. The first-order valence-corrected chi connectivity index (χ1v) is 13.8. The van der Waals surface area contributed by atoms with Gasteiger partial charge in [-0.25, -0.2) is 15.0 Å². The van der Waals surface area contributed by atoms with E-state index in [9.17, 15) is 10.1 Å². The average molecular weight is 548 g/mol. The van der Waals surface area contributed by atoms with Gasteiger partial charge in [0, 0.05) is 40.7 Å². The lowest BCUT2D eigenvalue weighted by molar-refractivity contribution is -0.384. The van der Waals surface area contributed by atoms with Crippen molar-refractivity contribution in [3.8, 4) is 45.3 Å². The maximum absolute atomic E-state index is 11.7. The number of hydrogen-bond donors (Lipinski definition) is 0. The summed E-state index contributed by atoms with van der Waals surface area (Å²) >= 11 is 0. The minimum absolute atomic E-state index is 0.0993. The van der Waals surface area contributed by atoms with E-state index in [1.807, 2.05) is 84.9 Å². The number of aromatic nitrogens is 3. The van der Waals surface area contributed by atoms with Crippen LogP contribution in [0.1, 0.15) is 5.56 Å². The van der Waals surface area contributed by atoms with Gasteiger partial charge in [-0.1, -0.05) is 97.1 Å². The van der Waals surface area contributed by atoms with Crippen LogP contribution in [-0.4, -0.2) is 26.4 Å². The smallest absolute Gasteiger partial charge is 0.277 e. The van der Waals surface area contributed by atoms with Gasteiger partial charge >= 0.3 is 0 Å². The van der Waals surface area contributed by atoms with E-state index in [2.05, 4.69) is 29.2 Å². The van der Waals surface area contributed by atoms with Crippen molar-refractivity contribution in [2.45, 2.75) is 6.42 Å². The third-order valence-electron chi connectivity index (χ3n) is 7.51. The van der Waals surface area contributed by atoms with Gasteiger partial charge in [0.2, 0.25) is 0 Å². The number of anilines is 2. The fourth-order valence-corrected chi connectivity index (χ4v) is 5.44. The van der Waals surface area contributed by atoms with Crippen LogP contribution in [0.25, 0.3) is 45.3 Å². The van der Waals surface area contributed by atoms with E-state index in [0.717, 1.165) is 46.6 Å². The SMILES string of the molecule is O=[N+]([O-])c1ccccc1-c1ccc2c(c1)N(c1cccc(-c3nc(-c4ccccc4)nc(-c4ccccc4)n3)c1)CC2. The summed E-state index contributed by atoms with van der Waals surface area (Å²) in [6.45, 7) is 0.806. The van der Waals surface area contributed by atoms with Crippen LogP contribution < -0.4 is 4.90 Å². The average Bonchev–Trinajstić information content (AvgIpc) is 3.49. The molecule has 0 fully saturated rings. The van der Waals surface area contributed by atoms with Crippen molar-refractivity contribution in [2.75, 3.05) is 11.4 Å². The Balaban J connectivity index is 1.30. The van der Waals surface area contributed by atoms with Crippen LogP contribution in [0.4, 0.5) is 17.1 Å². The topological polar surface area (TPSA) is 85.0 Å². The summed E-state index contributed by atoms with van der Waals surface area (Å²) < 4.78 is 0. The van der Waals surface area contributed by atoms with Crippen LogP contribution in [-0.2, 0) is 6.42 Å². The standard InChI is InChI=1S/C35H25N5O2/c41-40(42)31-17-8-7-16-30(31)27-19-18-24-20-21-39(32(24)23-27)29-15-9-14-28(22-29)35-37-33(25-10-3-1-4-11-25)36-34(38-35)26-12-5-2-6-13-26/h1-19,22-23H,20-21H2. The fourth-order valence-electron chi connectivity index (χ4n) is 5.44. The number of nitrogens with zero attached hydrogens (tertiary/aromatic N) is 5. The van der Waals surface area contributed by atoms with Crippen molar-refractivity contribution >= 4 is 17.1 Å². The second-order valence-electron chi connectivity index (χ2n) is 10.1. The number of nitro groups is 1. The third kappa shape index (κ3) is 4.77. The van der Waals surface area contributed by atoms with Gasteiger partial charge in [0.25, 0.3) is 5.69 Å². The Morgan fingerprint density at radius 2 is 1.19 bits per heavy atom. The summed E-state index contributed by atoms with van der Waals surface area (Å²) in [6, 6.07) is 41.1. The molecular formula is C35H25N5O2. The monoisotopic (exact) mass is 547 g/mol. The van der Waals surface area contributed by atoms with Crippen LogP contribution in [0.2, 0.25) is 0 Å². The van der Waals surface area contributed by atoms with Crippen LogP contribution in [0.3, 0.4) is 0 Å². The molecule has 0 amide bonds. The van der Waals surface area contributed by atoms with E-state index in [1.54, 1.807) is 18.2 Å². The maximum atomic E-state index is 11.7. The Hall–Kier alpha value is -5.69. The molecule has 7 heteroatoms. The number of para-hydroxylation sites is 1. The molecule has 6 aromatic rings. The minimum atomic E-state index is -0.327. The van der Waals surface area contributed by atoms with Crippen molar-refractivity contribution in [1.82, 2.24) is 15.0 Å². The quantitative estimate of drug-likeness (QED) is 0.155. The number of fused-ring (bicyclic) bond motifs is 1. The molecule has 2 heterocycles. The first-order valence-electron chi connectivity index (χ1n) is 13.8. The normalized spacial score (nSPS) is 12.2. The van der Waals surface area contributed by atoms with Crippen LogP contribution in [0.15, 0.2) is 127 Å². The van der Waals surface area contributed by atoms with Gasteiger partial charge < -0.3 is 4.90 Å². The van der Waals surface area contributed by atoms with Gasteiger partial charge in [0.1, 0.15) is 0 Å². The van der Waals surface area contributed by atoms with Gasteiger partial charge in [-0.15, -0.1) is 0 Å². The molecule has 0 radical (unpaired) electrons. The van der Waals surface area contributed by atoms with E-state index in [-0.39, 0.29) is 10.6 Å². The lowest BCUT2D eigenvalue weighted by Gasteiger charge is -2.21. The molecule has 7 rings (SSSR count). The highest BCUT2D eigenvalue weighted by atomic mass is 16.6. The van der Waals surface area contributed by atoms with Gasteiger partial charge in [0.15, 0.2) is 17.5 Å². The molecule has 5 aromatic carbocycles. The first kappa shape index (κ1) is 25.3. The lowest BCUT2D eigenvalue weighted by Crippen LogP contribution is -2.13. The van der Waals surface area contributed by atoms with Crippen LogP contribution in [0.5, 0.6) is 0 Å². The Labute approximate surface area is 243 Å². The molecule has 0 unspecified atom stereocenters. The number of nitro benzene ring substituents is 1. The molecule has 0 saturated carbocycles. The Morgan fingerprint density at radius 3 is 1.86 bits per heavy atom. The maximum Gasteiger partial charge on any atom is 0.277 e. The predicted molar refractivity (Wildman–Crippen MR) is 165 cm³/mol. The van der Waals surface area contributed by atoms with Crippen molar-refractivity contribution < 1.29 is 4.92 Å². The fraction of sp³-hybridized carbons (Fsp3) is 0.0571. The molecule has 202 valence electrons. The number of hydrogen-bond acceptors (Lipinski definition) is 6. The number of benzene rings is 5. The van der Waals surface area contributed by atoms with Gasteiger partial charge in [0.05, 0.1) is 10.5 Å². The summed E-state index contributed by atoms with van der Waals surface area (Å²) in [4.78, 5) is 28.2. The van der Waals surface area contributed by atoms with E-state index in [0.29, 0.717) is 23.0 Å². The summed E-state index contributed by atoms with van der Waals surface area (Å²) in [6.07, 6.45) is 0.888. The molecular weight excluding hydrogens is 522 g/mol. The summed E-state index contributed by atoms with van der Waals surface area (Å²) in [7, 11) is 0. The molecule has 1 aromatic heterocycles.